The predicted octanol–water partition coefficient (Wildman–Crippen LogP) is 5.51. The van der Waals surface area contributed by atoms with Crippen LogP contribution in [0.15, 0.2) is 12.3 Å². The lowest BCUT2D eigenvalue weighted by atomic mass is 9.85. The second-order valence-corrected chi connectivity index (χ2v) is 13.5. The Balaban J connectivity index is 1.80. The molecule has 2 heterocycles. The highest BCUT2D eigenvalue weighted by molar-refractivity contribution is 7.91. The molecule has 1 saturated carbocycles. The maximum Gasteiger partial charge on any atom is 0.394 e. The number of alkyl halides is 3. The van der Waals surface area contributed by atoms with Crippen LogP contribution in [0.2, 0.25) is 5.15 Å². The third kappa shape index (κ3) is 6.70. The van der Waals surface area contributed by atoms with Gasteiger partial charge >= 0.3 is 6.18 Å². The summed E-state index contributed by atoms with van der Waals surface area (Å²) in [6.07, 6.45) is 1.65. The molecule has 3 rings (SSSR count). The van der Waals surface area contributed by atoms with Crippen LogP contribution in [0.25, 0.3) is 5.82 Å². The van der Waals surface area contributed by atoms with Crippen molar-refractivity contribution in [1.29, 1.82) is 0 Å². The zero-order chi connectivity index (χ0) is 28.5. The largest absolute Gasteiger partial charge is 0.394 e. The van der Waals surface area contributed by atoms with Crippen LogP contribution in [0, 0.1) is 11.3 Å². The molecule has 0 aliphatic heterocycles. The fourth-order valence-electron chi connectivity index (χ4n) is 4.85. The standard InChI is InChI=1S/C26H36ClF3N4O3S/c1-6-18-12-17(13-25(3,4)26(28,29)30)15-31-23(18)34-20(7-2)33-21(22(34)27)24(35)32-14-16-8-10-19(11-9-16)38(5,36)37/h12,15-16,19H,6-11,13-14H2,1-5H3,(H,32,35)/t16-,19-. The number of hydrogen-bond donors (Lipinski definition) is 1. The number of pyridine rings is 1. The summed E-state index contributed by atoms with van der Waals surface area (Å²) in [7, 11) is -3.06. The van der Waals surface area contributed by atoms with Crippen LogP contribution in [0.4, 0.5) is 13.2 Å². The van der Waals surface area contributed by atoms with Crippen LogP contribution in [-0.4, -0.2) is 53.1 Å². The Bertz CT molecular complexity index is 1270. The third-order valence-electron chi connectivity index (χ3n) is 7.38. The van der Waals surface area contributed by atoms with E-state index < -0.39 is 27.3 Å². The first-order chi connectivity index (χ1) is 17.6. The van der Waals surface area contributed by atoms with Crippen molar-refractivity contribution >= 4 is 27.3 Å². The lowest BCUT2D eigenvalue weighted by molar-refractivity contribution is -0.211. The number of rotatable bonds is 9. The van der Waals surface area contributed by atoms with E-state index in [-0.39, 0.29) is 28.4 Å². The van der Waals surface area contributed by atoms with Gasteiger partial charge in [0.15, 0.2) is 5.69 Å². The Morgan fingerprint density at radius 3 is 2.32 bits per heavy atom. The summed E-state index contributed by atoms with van der Waals surface area (Å²) >= 11 is 6.65. The molecule has 212 valence electrons. The molecule has 38 heavy (non-hydrogen) atoms. The lowest BCUT2D eigenvalue weighted by Crippen LogP contribution is -2.34. The van der Waals surface area contributed by atoms with Gasteiger partial charge in [-0.15, -0.1) is 0 Å². The third-order valence-corrected chi connectivity index (χ3v) is 9.41. The number of halogens is 4. The van der Waals surface area contributed by atoms with Gasteiger partial charge in [0.1, 0.15) is 26.6 Å². The Morgan fingerprint density at radius 1 is 1.16 bits per heavy atom. The van der Waals surface area contributed by atoms with Crippen LogP contribution in [0.5, 0.6) is 0 Å². The molecule has 1 amide bonds. The Labute approximate surface area is 227 Å². The average Bonchev–Trinajstić information content (AvgIpc) is 3.17. The number of imidazole rings is 1. The minimum atomic E-state index is -4.35. The van der Waals surface area contributed by atoms with E-state index in [1.807, 2.05) is 13.8 Å². The molecule has 1 N–H and O–H groups in total. The van der Waals surface area contributed by atoms with Gasteiger partial charge in [-0.1, -0.05) is 45.4 Å². The van der Waals surface area contributed by atoms with Crippen LogP contribution >= 0.6 is 11.6 Å². The fraction of sp³-hybridized carbons (Fsp3) is 0.654. The first-order valence-electron chi connectivity index (χ1n) is 12.9. The summed E-state index contributed by atoms with van der Waals surface area (Å²) in [6, 6.07) is 1.71. The highest BCUT2D eigenvalue weighted by atomic mass is 35.5. The first-order valence-corrected chi connectivity index (χ1v) is 15.2. The number of hydrogen-bond acceptors (Lipinski definition) is 5. The summed E-state index contributed by atoms with van der Waals surface area (Å²) in [4.78, 5) is 21.9. The van der Waals surface area contributed by atoms with E-state index in [4.69, 9.17) is 11.6 Å². The van der Waals surface area contributed by atoms with Gasteiger partial charge in [-0.2, -0.15) is 13.2 Å². The molecule has 2 aromatic heterocycles. The number of amides is 1. The van der Waals surface area contributed by atoms with Gasteiger partial charge in [0.2, 0.25) is 0 Å². The normalized spacial score (nSPS) is 19.0. The van der Waals surface area contributed by atoms with E-state index in [2.05, 4.69) is 15.3 Å². The smallest absolute Gasteiger partial charge is 0.350 e. The van der Waals surface area contributed by atoms with Crippen molar-refractivity contribution in [2.75, 3.05) is 12.8 Å². The van der Waals surface area contributed by atoms with Crippen molar-refractivity contribution in [2.24, 2.45) is 11.3 Å². The Kier molecular flexibility index (Phi) is 9.23. The van der Waals surface area contributed by atoms with Gasteiger partial charge in [0, 0.05) is 25.4 Å². The van der Waals surface area contributed by atoms with Gasteiger partial charge in [0.05, 0.1) is 10.7 Å². The van der Waals surface area contributed by atoms with Crippen molar-refractivity contribution in [1.82, 2.24) is 19.9 Å². The van der Waals surface area contributed by atoms with Crippen molar-refractivity contribution in [3.05, 3.63) is 40.1 Å². The van der Waals surface area contributed by atoms with Gasteiger partial charge < -0.3 is 5.32 Å². The molecule has 1 fully saturated rings. The molecular weight excluding hydrogens is 541 g/mol. The molecule has 2 aromatic rings. The van der Waals surface area contributed by atoms with Gasteiger partial charge in [0.25, 0.3) is 5.91 Å². The van der Waals surface area contributed by atoms with E-state index in [0.717, 1.165) is 13.8 Å². The van der Waals surface area contributed by atoms with Crippen LogP contribution in [0.3, 0.4) is 0 Å². The molecule has 0 saturated heterocycles. The van der Waals surface area contributed by atoms with E-state index in [1.54, 1.807) is 10.6 Å². The maximum absolute atomic E-state index is 13.4. The van der Waals surface area contributed by atoms with Gasteiger partial charge in [-0.25, -0.2) is 18.4 Å². The number of carbonyl (C=O) groups excluding carboxylic acids is 1. The molecule has 7 nitrogen and oxygen atoms in total. The topological polar surface area (TPSA) is 93.9 Å². The zero-order valence-corrected chi connectivity index (χ0v) is 24.0. The Morgan fingerprint density at radius 2 is 1.79 bits per heavy atom. The molecule has 0 bridgehead atoms. The highest BCUT2D eigenvalue weighted by Gasteiger charge is 2.47. The molecule has 0 radical (unpaired) electrons. The maximum atomic E-state index is 13.4. The van der Waals surface area contributed by atoms with Gasteiger partial charge in [-0.05, 0) is 55.6 Å². The molecule has 0 atom stereocenters. The quantitative estimate of drug-likeness (QED) is 0.425. The van der Waals surface area contributed by atoms with Crippen molar-refractivity contribution < 1.29 is 26.4 Å². The summed E-state index contributed by atoms with van der Waals surface area (Å²) in [5, 5.41) is 2.65. The SMILES string of the molecule is CCc1cc(CC(C)(C)C(F)(F)F)cnc1-n1c(CC)nc(C(=O)NC[C@H]2CC[C@H](S(C)(=O)=O)CC2)c1Cl. The highest BCUT2D eigenvalue weighted by Crippen LogP contribution is 2.40. The van der Waals surface area contributed by atoms with Crippen molar-refractivity contribution in [3.63, 3.8) is 0 Å². The predicted molar refractivity (Wildman–Crippen MR) is 142 cm³/mol. The van der Waals surface area contributed by atoms with E-state index >= 15 is 0 Å². The number of nitrogens with one attached hydrogen (secondary N) is 1. The molecule has 12 heteroatoms. The summed E-state index contributed by atoms with van der Waals surface area (Å²) in [5.74, 6) is 0.688. The zero-order valence-electron chi connectivity index (χ0n) is 22.5. The molecule has 0 aromatic carbocycles. The lowest BCUT2D eigenvalue weighted by Gasteiger charge is -2.28. The number of sulfone groups is 1. The summed E-state index contributed by atoms with van der Waals surface area (Å²) in [6.45, 7) is 6.46. The Hall–Kier alpha value is -2.14. The number of nitrogens with zero attached hydrogens (tertiary/aromatic N) is 3. The molecule has 1 aliphatic rings. The fourth-order valence-corrected chi connectivity index (χ4v) is 6.28. The average molecular weight is 577 g/mol. The minimum absolute atomic E-state index is 0.0551. The van der Waals surface area contributed by atoms with Crippen LogP contribution in [0.1, 0.15) is 80.8 Å². The van der Waals surface area contributed by atoms with Crippen molar-refractivity contribution in [2.45, 2.75) is 84.1 Å². The molecule has 0 unspecified atom stereocenters. The summed E-state index contributed by atoms with van der Waals surface area (Å²) < 4.78 is 65.4. The molecule has 0 spiro atoms. The minimum Gasteiger partial charge on any atom is -0.350 e. The van der Waals surface area contributed by atoms with E-state index in [0.29, 0.717) is 67.8 Å². The van der Waals surface area contributed by atoms with Crippen LogP contribution < -0.4 is 5.32 Å². The molecular formula is C26H36ClF3N4O3S. The van der Waals surface area contributed by atoms with Crippen LogP contribution in [-0.2, 0) is 29.1 Å². The van der Waals surface area contributed by atoms with Crippen molar-refractivity contribution in [3.8, 4) is 5.82 Å². The number of aryl methyl sites for hydroxylation is 2. The first kappa shape index (κ1) is 30.4. The number of aromatic nitrogens is 3. The summed E-state index contributed by atoms with van der Waals surface area (Å²) in [5.41, 5.74) is -0.688. The monoisotopic (exact) mass is 576 g/mol. The van der Waals surface area contributed by atoms with E-state index in [1.165, 1.54) is 12.5 Å². The second kappa shape index (κ2) is 11.5. The van der Waals surface area contributed by atoms with Gasteiger partial charge in [-0.3, -0.25) is 9.36 Å². The number of carbonyl (C=O) groups is 1. The second-order valence-electron chi connectivity index (χ2n) is 10.8. The molecule has 1 aliphatic carbocycles. The van der Waals surface area contributed by atoms with E-state index in [9.17, 15) is 26.4 Å².